The largest absolute Gasteiger partial charge is 0.573 e. The van der Waals surface area contributed by atoms with Crippen molar-refractivity contribution in [3.05, 3.63) is 41.5 Å². The van der Waals surface area contributed by atoms with Crippen molar-refractivity contribution in [2.24, 2.45) is 0 Å². The van der Waals surface area contributed by atoms with E-state index < -0.39 is 6.36 Å². The lowest BCUT2D eigenvalue weighted by Gasteiger charge is -2.12. The van der Waals surface area contributed by atoms with E-state index in [9.17, 15) is 18.0 Å². The van der Waals surface area contributed by atoms with Crippen LogP contribution >= 0.6 is 0 Å². The van der Waals surface area contributed by atoms with Crippen molar-refractivity contribution in [1.29, 1.82) is 0 Å². The quantitative estimate of drug-likeness (QED) is 0.743. The van der Waals surface area contributed by atoms with Gasteiger partial charge in [0.05, 0.1) is 0 Å². The van der Waals surface area contributed by atoms with Gasteiger partial charge in [0.2, 0.25) is 0 Å². The molecular formula is C16H17F3O2. The molecule has 0 heterocycles. The van der Waals surface area contributed by atoms with E-state index >= 15 is 0 Å². The lowest BCUT2D eigenvalue weighted by atomic mass is 9.94. The lowest BCUT2D eigenvalue weighted by Crippen LogP contribution is -2.17. The number of allylic oxidation sites excluding steroid dienone is 2. The maximum absolute atomic E-state index is 12.0. The fourth-order valence-corrected chi connectivity index (χ4v) is 2.42. The Labute approximate surface area is 121 Å². The standard InChI is InChI=1S/C16H17F3O2/c17-16(18,19)21-15-8-6-13(7-9-15)11-14(20)10-12-4-2-1-3-5-12/h4,6-9H,1-3,5,10-11H2. The highest BCUT2D eigenvalue weighted by molar-refractivity contribution is 5.83. The third-order valence-corrected chi connectivity index (χ3v) is 3.37. The van der Waals surface area contributed by atoms with Crippen LogP contribution in [0.2, 0.25) is 0 Å². The third-order valence-electron chi connectivity index (χ3n) is 3.37. The molecule has 0 saturated carbocycles. The molecule has 0 unspecified atom stereocenters. The minimum Gasteiger partial charge on any atom is -0.406 e. The number of alkyl halides is 3. The number of ether oxygens (including phenoxy) is 1. The molecule has 0 radical (unpaired) electrons. The fourth-order valence-electron chi connectivity index (χ4n) is 2.42. The minimum absolute atomic E-state index is 0.0904. The van der Waals surface area contributed by atoms with E-state index in [-0.39, 0.29) is 18.0 Å². The summed E-state index contributed by atoms with van der Waals surface area (Å²) in [6.07, 6.45) is 2.44. The topological polar surface area (TPSA) is 26.3 Å². The normalized spacial score (nSPS) is 15.5. The van der Waals surface area contributed by atoms with Crippen LogP contribution in [0.4, 0.5) is 13.2 Å². The van der Waals surface area contributed by atoms with Crippen molar-refractivity contribution in [3.8, 4) is 5.75 Å². The van der Waals surface area contributed by atoms with Gasteiger partial charge >= 0.3 is 6.36 Å². The predicted molar refractivity (Wildman–Crippen MR) is 73.0 cm³/mol. The highest BCUT2D eigenvalue weighted by Gasteiger charge is 2.30. The molecule has 2 rings (SSSR count). The molecule has 0 spiro atoms. The molecule has 0 atom stereocenters. The number of benzene rings is 1. The Kier molecular flexibility index (Phi) is 5.04. The molecule has 0 bridgehead atoms. The first-order chi connectivity index (χ1) is 9.92. The molecule has 0 saturated heterocycles. The van der Waals surface area contributed by atoms with Gasteiger partial charge in [-0.05, 0) is 43.4 Å². The molecular weight excluding hydrogens is 281 g/mol. The molecule has 114 valence electrons. The summed E-state index contributed by atoms with van der Waals surface area (Å²) in [4.78, 5) is 11.9. The summed E-state index contributed by atoms with van der Waals surface area (Å²) >= 11 is 0. The molecule has 0 N–H and O–H groups in total. The van der Waals surface area contributed by atoms with Crippen molar-refractivity contribution in [3.63, 3.8) is 0 Å². The smallest absolute Gasteiger partial charge is 0.406 e. The fraction of sp³-hybridized carbons (Fsp3) is 0.438. The van der Waals surface area contributed by atoms with E-state index in [0.29, 0.717) is 12.0 Å². The van der Waals surface area contributed by atoms with Crippen LogP contribution in [-0.4, -0.2) is 12.1 Å². The maximum Gasteiger partial charge on any atom is 0.573 e. The Morgan fingerprint density at radius 1 is 1.10 bits per heavy atom. The number of hydrogen-bond acceptors (Lipinski definition) is 2. The molecule has 0 fully saturated rings. The van der Waals surface area contributed by atoms with Gasteiger partial charge in [0.15, 0.2) is 0 Å². The van der Waals surface area contributed by atoms with Crippen molar-refractivity contribution in [2.45, 2.75) is 44.9 Å². The summed E-state index contributed by atoms with van der Waals surface area (Å²) in [5, 5.41) is 0. The van der Waals surface area contributed by atoms with Gasteiger partial charge in [-0.15, -0.1) is 13.2 Å². The van der Waals surface area contributed by atoms with Crippen LogP contribution in [0.5, 0.6) is 5.75 Å². The molecule has 5 heteroatoms. The molecule has 0 aromatic heterocycles. The van der Waals surface area contributed by atoms with Crippen LogP contribution in [-0.2, 0) is 11.2 Å². The molecule has 2 nitrogen and oxygen atoms in total. The Bertz CT molecular complexity index is 515. The Balaban J connectivity index is 1.87. The summed E-state index contributed by atoms with van der Waals surface area (Å²) in [6, 6.07) is 5.45. The van der Waals surface area contributed by atoms with Crippen LogP contribution in [0.3, 0.4) is 0 Å². The van der Waals surface area contributed by atoms with Gasteiger partial charge < -0.3 is 4.74 Å². The van der Waals surface area contributed by atoms with Gasteiger partial charge in [-0.25, -0.2) is 0 Å². The second-order valence-electron chi connectivity index (χ2n) is 5.19. The monoisotopic (exact) mass is 298 g/mol. The van der Waals surface area contributed by atoms with Gasteiger partial charge in [0.25, 0.3) is 0 Å². The van der Waals surface area contributed by atoms with E-state index in [4.69, 9.17) is 0 Å². The molecule has 1 aliphatic carbocycles. The minimum atomic E-state index is -4.69. The summed E-state index contributed by atoms with van der Waals surface area (Å²) in [6.45, 7) is 0. The summed E-state index contributed by atoms with van der Waals surface area (Å²) in [7, 11) is 0. The summed E-state index contributed by atoms with van der Waals surface area (Å²) in [5.74, 6) is -0.179. The lowest BCUT2D eigenvalue weighted by molar-refractivity contribution is -0.274. The maximum atomic E-state index is 12.0. The molecule has 1 aromatic rings. The number of halogens is 3. The summed E-state index contributed by atoms with van der Waals surface area (Å²) < 4.78 is 39.9. The second kappa shape index (κ2) is 6.78. The predicted octanol–water partition coefficient (Wildman–Crippen LogP) is 4.59. The van der Waals surface area contributed by atoms with E-state index in [0.717, 1.165) is 19.3 Å². The van der Waals surface area contributed by atoms with Crippen molar-refractivity contribution in [2.75, 3.05) is 0 Å². The van der Waals surface area contributed by atoms with Gasteiger partial charge in [0, 0.05) is 12.8 Å². The first-order valence-electron chi connectivity index (χ1n) is 6.97. The van der Waals surface area contributed by atoms with Crippen LogP contribution in [0.1, 0.15) is 37.7 Å². The number of rotatable bonds is 5. The number of ketones is 1. The highest BCUT2D eigenvalue weighted by Crippen LogP contribution is 2.24. The Hall–Kier alpha value is -1.78. The van der Waals surface area contributed by atoms with Crippen LogP contribution < -0.4 is 4.74 Å². The van der Waals surface area contributed by atoms with Crippen molar-refractivity contribution >= 4 is 5.78 Å². The van der Waals surface area contributed by atoms with Crippen molar-refractivity contribution in [1.82, 2.24) is 0 Å². The van der Waals surface area contributed by atoms with Crippen molar-refractivity contribution < 1.29 is 22.7 Å². The van der Waals surface area contributed by atoms with E-state index in [1.165, 1.54) is 36.3 Å². The van der Waals surface area contributed by atoms with Gasteiger partial charge in [-0.1, -0.05) is 23.8 Å². The average Bonchev–Trinajstić information content (AvgIpc) is 2.40. The highest BCUT2D eigenvalue weighted by atomic mass is 19.4. The molecule has 21 heavy (non-hydrogen) atoms. The molecule has 1 aliphatic rings. The van der Waals surface area contributed by atoms with E-state index in [2.05, 4.69) is 10.8 Å². The SMILES string of the molecule is O=C(CC1=CCCCC1)Cc1ccc(OC(F)(F)F)cc1. The first-order valence-corrected chi connectivity index (χ1v) is 6.97. The van der Waals surface area contributed by atoms with E-state index in [1.54, 1.807) is 0 Å². The van der Waals surface area contributed by atoms with Crippen LogP contribution in [0, 0.1) is 0 Å². The average molecular weight is 298 g/mol. The molecule has 0 aliphatic heterocycles. The van der Waals surface area contributed by atoms with Crippen LogP contribution in [0.25, 0.3) is 0 Å². The second-order valence-corrected chi connectivity index (χ2v) is 5.19. The zero-order valence-corrected chi connectivity index (χ0v) is 11.6. The van der Waals surface area contributed by atoms with Gasteiger partial charge in [0.1, 0.15) is 11.5 Å². The zero-order valence-electron chi connectivity index (χ0n) is 11.6. The Morgan fingerprint density at radius 3 is 2.38 bits per heavy atom. The zero-order chi connectivity index (χ0) is 15.3. The number of carbonyl (C=O) groups excluding carboxylic acids is 1. The first kappa shape index (κ1) is 15.6. The number of carbonyl (C=O) groups is 1. The Morgan fingerprint density at radius 2 is 1.81 bits per heavy atom. The number of Topliss-reactive ketones (excluding diaryl/α,β-unsaturated/α-hetero) is 1. The van der Waals surface area contributed by atoms with E-state index in [1.807, 2.05) is 0 Å². The van der Waals surface area contributed by atoms with Crippen LogP contribution in [0.15, 0.2) is 35.9 Å². The number of hydrogen-bond donors (Lipinski definition) is 0. The molecule has 0 amide bonds. The summed E-state index contributed by atoms with van der Waals surface area (Å²) in [5.41, 5.74) is 1.88. The van der Waals surface area contributed by atoms with Gasteiger partial charge in [-0.3, -0.25) is 4.79 Å². The third kappa shape index (κ3) is 5.61. The van der Waals surface area contributed by atoms with Gasteiger partial charge in [-0.2, -0.15) is 0 Å². The molecule has 1 aromatic carbocycles.